The lowest BCUT2D eigenvalue weighted by molar-refractivity contribution is 0.517. The van der Waals surface area contributed by atoms with E-state index in [-0.39, 0.29) is 24.4 Å². The van der Waals surface area contributed by atoms with Crippen molar-refractivity contribution >= 4 is 32.5 Å². The van der Waals surface area contributed by atoms with Crippen LogP contribution in [0.2, 0.25) is 0 Å². The molecule has 51 heavy (non-hydrogen) atoms. The van der Waals surface area contributed by atoms with E-state index in [9.17, 15) is 16.8 Å². The van der Waals surface area contributed by atoms with E-state index >= 15 is 0 Å². The molecule has 0 radical (unpaired) electrons. The maximum absolute atomic E-state index is 12.6. The number of nitrogens with one attached hydrogen (secondary N) is 1. The van der Waals surface area contributed by atoms with E-state index in [2.05, 4.69) is 47.2 Å². The van der Waals surface area contributed by atoms with Crippen molar-refractivity contribution in [2.45, 2.75) is 117 Å². The molecule has 4 fully saturated rings. The smallest absolute Gasteiger partial charge is 0.243 e. The first-order chi connectivity index (χ1) is 24.0. The molecule has 7 nitrogen and oxygen atoms in total. The predicted molar refractivity (Wildman–Crippen MR) is 208 cm³/mol. The molecule has 4 unspecified atom stereocenters. The Hall–Kier alpha value is -3.05. The second kappa shape index (κ2) is 17.2. The first-order valence-corrected chi connectivity index (χ1v) is 21.0. The van der Waals surface area contributed by atoms with E-state index in [0.717, 1.165) is 43.2 Å². The lowest BCUT2D eigenvalue weighted by Crippen LogP contribution is -2.36. The van der Waals surface area contributed by atoms with Crippen molar-refractivity contribution in [3.05, 3.63) is 131 Å². The Balaban J connectivity index is 0.000000154. The summed E-state index contributed by atoms with van der Waals surface area (Å²) in [4.78, 5) is 0.782. The number of rotatable bonds is 7. The second-order valence-electron chi connectivity index (χ2n) is 14.3. The number of sulfonamides is 2. The van der Waals surface area contributed by atoms with Gasteiger partial charge in [0.25, 0.3) is 0 Å². The van der Waals surface area contributed by atoms with Gasteiger partial charge in [-0.1, -0.05) is 115 Å². The van der Waals surface area contributed by atoms with Crippen LogP contribution >= 0.6 is 12.4 Å². The molecular weight excluding hydrogens is 698 g/mol. The zero-order valence-electron chi connectivity index (χ0n) is 29.6. The minimum atomic E-state index is -3.45. The number of nitrogens with zero attached hydrogens (tertiary/aromatic N) is 1. The molecule has 4 aromatic carbocycles. The lowest BCUT2D eigenvalue weighted by Gasteiger charge is -2.21. The zero-order valence-corrected chi connectivity index (χ0v) is 32.1. The molecule has 274 valence electrons. The van der Waals surface area contributed by atoms with Crippen LogP contribution in [-0.4, -0.2) is 45.3 Å². The first kappa shape index (κ1) is 39.2. The van der Waals surface area contributed by atoms with Crippen LogP contribution in [0.25, 0.3) is 0 Å². The molecule has 0 aromatic heterocycles. The summed E-state index contributed by atoms with van der Waals surface area (Å²) < 4.78 is 54.2. The third-order valence-corrected chi connectivity index (χ3v) is 14.3. The van der Waals surface area contributed by atoms with Gasteiger partial charge in [0.2, 0.25) is 20.0 Å². The molecule has 1 heterocycles. The maximum atomic E-state index is 12.6. The van der Waals surface area contributed by atoms with Crippen molar-refractivity contribution < 1.29 is 16.8 Å². The van der Waals surface area contributed by atoms with Crippen LogP contribution in [0.3, 0.4) is 0 Å². The van der Waals surface area contributed by atoms with Crippen LogP contribution in [0.4, 0.5) is 0 Å². The topological polar surface area (TPSA) is 109 Å². The molecule has 3 aliphatic carbocycles. The third-order valence-electron chi connectivity index (χ3n) is 10.8. The van der Waals surface area contributed by atoms with Gasteiger partial charge < -0.3 is 5.73 Å². The lowest BCUT2D eigenvalue weighted by atomic mass is 9.95. The summed E-state index contributed by atoms with van der Waals surface area (Å²) in [6.45, 7) is 3.91. The van der Waals surface area contributed by atoms with Crippen LogP contribution in [-0.2, 0) is 20.0 Å². The number of hydrogen-bond donors (Lipinski definition) is 2. The van der Waals surface area contributed by atoms with Crippen molar-refractivity contribution in [1.29, 1.82) is 0 Å². The van der Waals surface area contributed by atoms with E-state index in [1.807, 2.05) is 56.3 Å². The third kappa shape index (κ3) is 9.50. The molecular formula is C41H52ClN3O4S2. The SMILES string of the molecule is Cc1ccc(S(=O)(=O)N2C3CCCC32)cc1.Cc1ccc(S(=O)(=O)N[C@@H]2CCCC2c2ccccc2)cc1.Cl.N[C@@H]1CCCC1c1ccccc1. The fourth-order valence-corrected chi connectivity index (χ4v) is 11.1. The highest BCUT2D eigenvalue weighted by molar-refractivity contribution is 7.89. The number of benzene rings is 4. The van der Waals surface area contributed by atoms with Gasteiger partial charge in [-0.05, 0) is 93.7 Å². The highest BCUT2D eigenvalue weighted by Gasteiger charge is 2.57. The zero-order chi connectivity index (χ0) is 35.3. The Morgan fingerprint density at radius 2 is 1.02 bits per heavy atom. The highest BCUT2D eigenvalue weighted by atomic mass is 35.5. The summed E-state index contributed by atoms with van der Waals surface area (Å²) in [6, 6.07) is 35.9. The average Bonchev–Trinajstić information content (AvgIpc) is 3.52. The minimum Gasteiger partial charge on any atom is -0.327 e. The standard InChI is InChI=1S/C18H21NO2S.C12H15NO2S.C11H15N.ClH/c1-14-10-12-16(13-11-14)22(20,21)19-18-9-5-8-17(18)15-6-3-2-4-7-15;1-9-5-7-10(8-6-9)16(14,15)13-11-3-2-4-12(11)13;12-11-8-4-7-10(11)9-5-2-1-3-6-9;/h2-4,6-7,10-13,17-19H,5,8-9H2,1H3;5-8,11-12H,2-4H2,1H3;1-3,5-6,10-11H,4,7-8,12H2;1H/t17?,18-;;10?,11-;/m1.1./s1. The highest BCUT2D eigenvalue weighted by Crippen LogP contribution is 2.46. The largest absolute Gasteiger partial charge is 0.327 e. The molecule has 1 aliphatic heterocycles. The van der Waals surface area contributed by atoms with Crippen molar-refractivity contribution in [3.8, 4) is 0 Å². The van der Waals surface area contributed by atoms with Gasteiger partial charge in [0.1, 0.15) is 0 Å². The van der Waals surface area contributed by atoms with E-state index in [0.29, 0.717) is 33.8 Å². The number of piperidine rings is 1. The van der Waals surface area contributed by atoms with E-state index in [4.69, 9.17) is 5.73 Å². The fourth-order valence-electron chi connectivity index (χ4n) is 7.96. The quantitative estimate of drug-likeness (QED) is 0.185. The Bertz CT molecular complexity index is 1900. The Morgan fingerprint density at radius 3 is 1.53 bits per heavy atom. The molecule has 0 spiro atoms. The minimum absolute atomic E-state index is 0. The second-order valence-corrected chi connectivity index (χ2v) is 17.9. The van der Waals surface area contributed by atoms with Crippen LogP contribution < -0.4 is 10.5 Å². The number of nitrogens with two attached hydrogens (primary N) is 1. The molecule has 4 aliphatic rings. The number of fused-ring (bicyclic) bond motifs is 1. The molecule has 0 bridgehead atoms. The molecule has 0 amide bonds. The van der Waals surface area contributed by atoms with Crippen LogP contribution in [0.1, 0.15) is 91.9 Å². The fraction of sp³-hybridized carbons (Fsp3) is 0.415. The van der Waals surface area contributed by atoms with Crippen molar-refractivity contribution in [3.63, 3.8) is 0 Å². The summed E-state index contributed by atoms with van der Waals surface area (Å²) in [5, 5.41) is 0. The first-order valence-electron chi connectivity index (χ1n) is 18.1. The molecule has 10 heteroatoms. The van der Waals surface area contributed by atoms with Crippen LogP contribution in [0.5, 0.6) is 0 Å². The molecule has 3 N–H and O–H groups in total. The molecule has 8 rings (SSSR count). The summed E-state index contributed by atoms with van der Waals surface area (Å²) in [6.07, 6.45) is 9.99. The van der Waals surface area contributed by atoms with Crippen LogP contribution in [0.15, 0.2) is 119 Å². The summed E-state index contributed by atoms with van der Waals surface area (Å²) in [7, 11) is -6.66. The Morgan fingerprint density at radius 1 is 0.569 bits per heavy atom. The van der Waals surface area contributed by atoms with Crippen LogP contribution in [0, 0.1) is 13.8 Å². The average molecular weight is 750 g/mol. The monoisotopic (exact) mass is 749 g/mol. The number of hydrogen-bond acceptors (Lipinski definition) is 5. The number of halogens is 1. The summed E-state index contributed by atoms with van der Waals surface area (Å²) >= 11 is 0. The molecule has 4 aromatic rings. The Kier molecular flexibility index (Phi) is 13.2. The normalized spacial score (nSPS) is 26.5. The van der Waals surface area contributed by atoms with E-state index in [1.165, 1.54) is 36.8 Å². The summed E-state index contributed by atoms with van der Waals surface area (Å²) in [5.74, 6) is 0.882. The van der Waals surface area contributed by atoms with E-state index < -0.39 is 20.0 Å². The van der Waals surface area contributed by atoms with Gasteiger partial charge in [0, 0.05) is 30.1 Å². The Labute approximate surface area is 311 Å². The predicted octanol–water partition coefficient (Wildman–Crippen LogP) is 8.23. The van der Waals surface area contributed by atoms with Gasteiger partial charge in [0.05, 0.1) is 9.79 Å². The van der Waals surface area contributed by atoms with Crippen molar-refractivity contribution in [2.24, 2.45) is 5.73 Å². The van der Waals surface area contributed by atoms with Gasteiger partial charge in [-0.2, -0.15) is 4.31 Å². The van der Waals surface area contributed by atoms with Crippen molar-refractivity contribution in [2.75, 3.05) is 0 Å². The van der Waals surface area contributed by atoms with Crippen molar-refractivity contribution in [1.82, 2.24) is 9.03 Å². The maximum Gasteiger partial charge on any atom is 0.243 e. The van der Waals surface area contributed by atoms with Gasteiger partial charge in [-0.15, -0.1) is 12.4 Å². The molecule has 3 saturated carbocycles. The van der Waals surface area contributed by atoms with Gasteiger partial charge in [0.15, 0.2) is 0 Å². The van der Waals surface area contributed by atoms with Gasteiger partial charge in [-0.25, -0.2) is 21.6 Å². The summed E-state index contributed by atoms with van der Waals surface area (Å²) in [5.41, 5.74) is 10.8. The molecule has 1 saturated heterocycles. The van der Waals surface area contributed by atoms with E-state index in [1.54, 1.807) is 28.6 Å². The van der Waals surface area contributed by atoms with Gasteiger partial charge >= 0.3 is 0 Å². The van der Waals surface area contributed by atoms with Gasteiger partial charge in [-0.3, -0.25) is 0 Å². The molecule has 6 atom stereocenters. The number of aryl methyl sites for hydroxylation is 2.